The molecule has 0 radical (unpaired) electrons. The number of nitrogens with one attached hydrogen (secondary N) is 4. The highest BCUT2D eigenvalue weighted by atomic mass is 32.2. The van der Waals surface area contributed by atoms with Crippen molar-refractivity contribution in [3.8, 4) is 5.75 Å². The number of rotatable bonds is 8. The monoisotopic (exact) mass is 408 g/mol. The lowest BCUT2D eigenvalue weighted by molar-refractivity contribution is 0.0966. The lowest BCUT2D eigenvalue weighted by Gasteiger charge is -2.19. The van der Waals surface area contributed by atoms with Gasteiger partial charge in [0.2, 0.25) is 0 Å². The van der Waals surface area contributed by atoms with E-state index in [2.05, 4.69) is 20.1 Å². The van der Waals surface area contributed by atoms with E-state index < -0.39 is 17.0 Å². The molecular weight excluding hydrogens is 387 g/mol. The summed E-state index contributed by atoms with van der Waals surface area (Å²) < 4.78 is 37.4. The molecule has 0 spiro atoms. The molecule has 1 atom stereocenters. The Hall–Kier alpha value is -2.69. The predicted molar refractivity (Wildman–Crippen MR) is 105 cm³/mol. The smallest absolute Gasteiger partial charge is 0.252 e. The van der Waals surface area contributed by atoms with Crippen molar-refractivity contribution in [2.45, 2.75) is 13.5 Å². The van der Waals surface area contributed by atoms with Crippen molar-refractivity contribution >= 4 is 34.1 Å². The second-order valence-electron chi connectivity index (χ2n) is 6.14. The highest BCUT2D eigenvalue weighted by molar-refractivity contribution is 7.84. The fourth-order valence-electron chi connectivity index (χ4n) is 2.90. The molecule has 1 aliphatic heterocycles. The van der Waals surface area contributed by atoms with Crippen molar-refractivity contribution in [1.82, 2.24) is 10.0 Å². The van der Waals surface area contributed by atoms with Crippen LogP contribution in [0, 0.1) is 12.7 Å². The molecule has 2 aromatic rings. The van der Waals surface area contributed by atoms with Gasteiger partial charge in [0.15, 0.2) is 16.9 Å². The van der Waals surface area contributed by atoms with E-state index in [9.17, 15) is 13.4 Å². The minimum absolute atomic E-state index is 0.113. The Morgan fingerprint density at radius 1 is 1.32 bits per heavy atom. The van der Waals surface area contributed by atoms with Gasteiger partial charge in [0, 0.05) is 18.7 Å². The Kier molecular flexibility index (Phi) is 6.12. The zero-order valence-electron chi connectivity index (χ0n) is 15.4. The van der Waals surface area contributed by atoms with Crippen molar-refractivity contribution in [3.05, 3.63) is 46.8 Å². The van der Waals surface area contributed by atoms with Crippen molar-refractivity contribution in [3.63, 3.8) is 0 Å². The molecule has 3 rings (SSSR count). The number of carbonyl (C=O) groups is 1. The Labute approximate surface area is 164 Å². The highest BCUT2D eigenvalue weighted by Gasteiger charge is 2.28. The Bertz CT molecular complexity index is 938. The Balaban J connectivity index is 2.06. The van der Waals surface area contributed by atoms with E-state index in [1.165, 1.54) is 13.2 Å². The van der Waals surface area contributed by atoms with E-state index in [1.807, 2.05) is 0 Å². The van der Waals surface area contributed by atoms with Gasteiger partial charge in [0.1, 0.15) is 11.5 Å². The average Bonchev–Trinajstić information content (AvgIpc) is 3.03. The first-order valence-corrected chi connectivity index (χ1v) is 9.67. The third-order valence-corrected chi connectivity index (χ3v) is 5.05. The van der Waals surface area contributed by atoms with Crippen molar-refractivity contribution in [2.75, 3.05) is 30.3 Å². The van der Waals surface area contributed by atoms with Gasteiger partial charge in [-0.15, -0.1) is 0 Å². The van der Waals surface area contributed by atoms with Crippen LogP contribution in [0.4, 0.5) is 21.5 Å². The fourth-order valence-corrected chi connectivity index (χ4v) is 3.64. The molecule has 0 saturated heterocycles. The maximum Gasteiger partial charge on any atom is 0.252 e. The van der Waals surface area contributed by atoms with Gasteiger partial charge in [-0.05, 0) is 30.7 Å². The first kappa shape index (κ1) is 20.1. The van der Waals surface area contributed by atoms with Crippen LogP contribution in [0.1, 0.15) is 21.5 Å². The number of aryl methyl sites for hydroxylation is 1. The van der Waals surface area contributed by atoms with E-state index in [1.54, 1.807) is 25.1 Å². The molecule has 0 saturated carbocycles. The molecule has 2 aromatic carbocycles. The highest BCUT2D eigenvalue weighted by Crippen LogP contribution is 2.42. The van der Waals surface area contributed by atoms with Crippen LogP contribution < -0.4 is 24.8 Å². The topological polar surface area (TPSA) is 112 Å². The SMILES string of the molecule is COc1c2c(cc(Nc3ccc(C)cc3F)c1NS(=O)NCCO)C(=O)NC2. The third-order valence-electron chi connectivity index (χ3n) is 4.19. The minimum atomic E-state index is -1.74. The van der Waals surface area contributed by atoms with E-state index in [0.29, 0.717) is 28.3 Å². The van der Waals surface area contributed by atoms with E-state index in [4.69, 9.17) is 9.84 Å². The third kappa shape index (κ3) is 4.08. The molecule has 5 N–H and O–H groups in total. The number of hydrogen-bond acceptors (Lipinski definition) is 5. The van der Waals surface area contributed by atoms with Gasteiger partial charge in [-0.25, -0.2) is 13.3 Å². The molecule has 1 unspecified atom stereocenters. The van der Waals surface area contributed by atoms with Crippen molar-refractivity contribution in [1.29, 1.82) is 0 Å². The minimum Gasteiger partial charge on any atom is -0.494 e. The van der Waals surface area contributed by atoms with Crippen molar-refractivity contribution in [2.24, 2.45) is 0 Å². The summed E-state index contributed by atoms with van der Waals surface area (Å²) in [6, 6.07) is 6.27. The molecule has 0 fully saturated rings. The second kappa shape index (κ2) is 8.55. The summed E-state index contributed by atoms with van der Waals surface area (Å²) in [6.07, 6.45) is 0. The second-order valence-corrected chi connectivity index (χ2v) is 7.17. The van der Waals surface area contributed by atoms with Gasteiger partial charge in [-0.2, -0.15) is 0 Å². The Morgan fingerprint density at radius 3 is 2.79 bits per heavy atom. The van der Waals surface area contributed by atoms with Crippen LogP contribution >= 0.6 is 0 Å². The number of amides is 1. The summed E-state index contributed by atoms with van der Waals surface area (Å²) in [5.74, 6) is -0.411. The molecule has 150 valence electrons. The lowest BCUT2D eigenvalue weighted by atomic mass is 10.1. The molecule has 0 aromatic heterocycles. The number of aliphatic hydroxyl groups is 1. The molecule has 1 aliphatic rings. The van der Waals surface area contributed by atoms with Crippen LogP contribution in [0.5, 0.6) is 5.75 Å². The molecular formula is C18H21FN4O4S. The number of anilines is 3. The summed E-state index contributed by atoms with van der Waals surface area (Å²) in [6.45, 7) is 1.97. The zero-order chi connectivity index (χ0) is 20.3. The first-order valence-electron chi connectivity index (χ1n) is 8.52. The number of ether oxygens (including phenoxy) is 1. The maximum absolute atomic E-state index is 14.3. The Morgan fingerprint density at radius 2 is 2.11 bits per heavy atom. The molecule has 1 amide bonds. The molecule has 10 heteroatoms. The number of methoxy groups -OCH3 is 1. The van der Waals surface area contributed by atoms with Gasteiger partial charge in [-0.1, -0.05) is 6.07 Å². The van der Waals surface area contributed by atoms with Crippen LogP contribution in [0.3, 0.4) is 0 Å². The van der Waals surface area contributed by atoms with Crippen LogP contribution in [-0.2, 0) is 17.7 Å². The lowest BCUT2D eigenvalue weighted by Crippen LogP contribution is -2.26. The van der Waals surface area contributed by atoms with E-state index >= 15 is 0 Å². The number of benzene rings is 2. The van der Waals surface area contributed by atoms with Gasteiger partial charge >= 0.3 is 0 Å². The number of aliphatic hydroxyl groups excluding tert-OH is 1. The summed E-state index contributed by atoms with van der Waals surface area (Å²) in [5.41, 5.74) is 2.61. The molecule has 1 heterocycles. The summed E-state index contributed by atoms with van der Waals surface area (Å²) in [5, 5.41) is 14.5. The fraction of sp³-hybridized carbons (Fsp3) is 0.278. The number of fused-ring (bicyclic) bond motifs is 1. The number of hydrogen-bond donors (Lipinski definition) is 5. The molecule has 0 bridgehead atoms. The summed E-state index contributed by atoms with van der Waals surface area (Å²) >= 11 is -1.74. The molecule has 28 heavy (non-hydrogen) atoms. The summed E-state index contributed by atoms with van der Waals surface area (Å²) in [7, 11) is 1.43. The van der Waals surface area contributed by atoms with Crippen LogP contribution in [-0.4, -0.2) is 35.5 Å². The molecule has 0 aliphatic carbocycles. The zero-order valence-corrected chi connectivity index (χ0v) is 16.2. The quantitative estimate of drug-likeness (QED) is 0.457. The largest absolute Gasteiger partial charge is 0.494 e. The molecule has 8 nitrogen and oxygen atoms in total. The van der Waals surface area contributed by atoms with Gasteiger partial charge in [0.05, 0.1) is 30.7 Å². The summed E-state index contributed by atoms with van der Waals surface area (Å²) in [4.78, 5) is 12.1. The van der Waals surface area contributed by atoms with Crippen LogP contribution in [0.25, 0.3) is 0 Å². The van der Waals surface area contributed by atoms with Gasteiger partial charge < -0.3 is 20.5 Å². The first-order chi connectivity index (χ1) is 13.4. The van der Waals surface area contributed by atoms with Crippen LogP contribution in [0.15, 0.2) is 24.3 Å². The maximum atomic E-state index is 14.3. The van der Waals surface area contributed by atoms with Gasteiger partial charge in [-0.3, -0.25) is 9.52 Å². The number of carbonyl (C=O) groups excluding carboxylic acids is 1. The normalized spacial score (nSPS) is 13.6. The van der Waals surface area contributed by atoms with E-state index in [-0.39, 0.29) is 31.3 Å². The average molecular weight is 408 g/mol. The van der Waals surface area contributed by atoms with Gasteiger partial charge in [0.25, 0.3) is 5.91 Å². The number of halogens is 1. The van der Waals surface area contributed by atoms with Crippen LogP contribution in [0.2, 0.25) is 0 Å². The van der Waals surface area contributed by atoms with Crippen molar-refractivity contribution < 1.29 is 23.2 Å². The van der Waals surface area contributed by atoms with E-state index in [0.717, 1.165) is 5.56 Å². The standard InChI is InChI=1S/C18H21FN4O4S/c1-10-3-4-14(13(19)7-10)22-15-8-11-12(9-20-18(11)25)17(27-2)16(15)23-28(26)21-5-6-24/h3-4,7-8,21-24H,5-6,9H2,1-2H3,(H,20,25). The predicted octanol–water partition coefficient (Wildman–Crippen LogP) is 1.70.